The van der Waals surface area contributed by atoms with E-state index in [0.717, 1.165) is 11.5 Å². The quantitative estimate of drug-likeness (QED) is 0.628. The number of hydrogen-bond donors (Lipinski definition) is 0. The van der Waals surface area contributed by atoms with Crippen LogP contribution in [0.1, 0.15) is 25.0 Å². The van der Waals surface area contributed by atoms with Gasteiger partial charge in [-0.1, -0.05) is 63.4 Å². The molecule has 0 aliphatic rings. The summed E-state index contributed by atoms with van der Waals surface area (Å²) in [6.45, 7) is 12.8. The molecule has 0 aliphatic carbocycles. The predicted molar refractivity (Wildman–Crippen MR) is 96.4 cm³/mol. The van der Waals surface area contributed by atoms with Gasteiger partial charge in [0.2, 0.25) is 0 Å². The van der Waals surface area contributed by atoms with Gasteiger partial charge in [0.05, 0.1) is 0 Å². The van der Waals surface area contributed by atoms with Gasteiger partial charge in [0, 0.05) is 5.41 Å². The van der Waals surface area contributed by atoms with Crippen LogP contribution in [0.15, 0.2) is 73.8 Å². The maximum absolute atomic E-state index is 5.54. The molecule has 2 heteroatoms. The molecule has 0 N–H and O–H groups in total. The first-order chi connectivity index (χ1) is 11.1. The largest absolute Gasteiger partial charge is 0.490 e. The Morgan fingerprint density at radius 1 is 0.739 bits per heavy atom. The second-order valence-electron chi connectivity index (χ2n) is 5.87. The highest BCUT2D eigenvalue weighted by atomic mass is 16.5. The molecule has 0 radical (unpaired) electrons. The Kier molecular flexibility index (Phi) is 5.64. The molecule has 2 rings (SSSR count). The zero-order valence-electron chi connectivity index (χ0n) is 13.9. The van der Waals surface area contributed by atoms with Gasteiger partial charge in [0.25, 0.3) is 0 Å². The Labute approximate surface area is 139 Å². The standard InChI is InChI=1S/C21H24O2/c1-5-15-22-19-11-7-17(8-12-19)21(3,4)18-9-13-20(14-10-18)23-16-6-2/h5-14H,1-2,15-16H2,3-4H3. The third-order valence-electron chi connectivity index (χ3n) is 3.89. The Morgan fingerprint density at radius 2 is 1.09 bits per heavy atom. The Hall–Kier alpha value is -2.48. The highest BCUT2D eigenvalue weighted by Gasteiger charge is 2.23. The third kappa shape index (κ3) is 4.26. The minimum absolute atomic E-state index is 0.0894. The molecule has 0 spiro atoms. The van der Waals surface area contributed by atoms with Crippen molar-refractivity contribution in [3.63, 3.8) is 0 Å². The Balaban J connectivity index is 2.16. The van der Waals surface area contributed by atoms with Crippen LogP contribution in [0.5, 0.6) is 11.5 Å². The van der Waals surface area contributed by atoms with Crippen molar-refractivity contribution in [1.82, 2.24) is 0 Å². The highest BCUT2D eigenvalue weighted by Crippen LogP contribution is 2.33. The Bertz CT molecular complexity index is 579. The van der Waals surface area contributed by atoms with E-state index >= 15 is 0 Å². The normalized spacial score (nSPS) is 10.9. The van der Waals surface area contributed by atoms with Crippen LogP contribution >= 0.6 is 0 Å². The highest BCUT2D eigenvalue weighted by molar-refractivity contribution is 5.41. The molecule has 0 amide bonds. The SMILES string of the molecule is C=CCOc1ccc(C(C)(C)c2ccc(OCC=C)cc2)cc1. The number of benzene rings is 2. The van der Waals surface area contributed by atoms with E-state index in [0.29, 0.717) is 13.2 Å². The van der Waals surface area contributed by atoms with Crippen molar-refractivity contribution in [1.29, 1.82) is 0 Å². The molecule has 2 aromatic carbocycles. The summed E-state index contributed by atoms with van der Waals surface area (Å²) in [5, 5.41) is 0. The number of rotatable bonds is 8. The van der Waals surface area contributed by atoms with Gasteiger partial charge in [-0.2, -0.15) is 0 Å². The van der Waals surface area contributed by atoms with Crippen LogP contribution in [0.2, 0.25) is 0 Å². The fourth-order valence-corrected chi connectivity index (χ4v) is 2.41. The summed E-state index contributed by atoms with van der Waals surface area (Å²) >= 11 is 0. The second kappa shape index (κ2) is 7.68. The Morgan fingerprint density at radius 3 is 1.39 bits per heavy atom. The van der Waals surface area contributed by atoms with E-state index in [4.69, 9.17) is 9.47 Å². The van der Waals surface area contributed by atoms with Crippen molar-refractivity contribution in [2.75, 3.05) is 13.2 Å². The maximum Gasteiger partial charge on any atom is 0.119 e. The van der Waals surface area contributed by atoms with Crippen LogP contribution in [0.25, 0.3) is 0 Å². The minimum Gasteiger partial charge on any atom is -0.490 e. The summed E-state index contributed by atoms with van der Waals surface area (Å²) in [7, 11) is 0. The zero-order valence-corrected chi connectivity index (χ0v) is 13.9. The van der Waals surface area contributed by atoms with E-state index in [2.05, 4.69) is 51.3 Å². The van der Waals surface area contributed by atoms with Crippen molar-refractivity contribution in [3.8, 4) is 11.5 Å². The average molecular weight is 308 g/mol. The molecule has 2 aromatic rings. The molecular weight excluding hydrogens is 284 g/mol. The molecular formula is C21H24O2. The molecule has 2 nitrogen and oxygen atoms in total. The molecule has 0 unspecified atom stereocenters. The van der Waals surface area contributed by atoms with Gasteiger partial charge in [0.15, 0.2) is 0 Å². The first-order valence-electron chi connectivity index (χ1n) is 7.76. The lowest BCUT2D eigenvalue weighted by atomic mass is 9.78. The lowest BCUT2D eigenvalue weighted by molar-refractivity contribution is 0.363. The fourth-order valence-electron chi connectivity index (χ4n) is 2.41. The summed E-state index contributed by atoms with van der Waals surface area (Å²) in [5.74, 6) is 1.72. The van der Waals surface area contributed by atoms with E-state index in [1.807, 2.05) is 24.3 Å². The van der Waals surface area contributed by atoms with Crippen molar-refractivity contribution in [3.05, 3.63) is 85.0 Å². The molecule has 23 heavy (non-hydrogen) atoms. The van der Waals surface area contributed by atoms with Crippen molar-refractivity contribution < 1.29 is 9.47 Å². The van der Waals surface area contributed by atoms with Crippen molar-refractivity contribution >= 4 is 0 Å². The van der Waals surface area contributed by atoms with E-state index in [-0.39, 0.29) is 5.41 Å². The molecule has 0 fully saturated rings. The van der Waals surface area contributed by atoms with E-state index < -0.39 is 0 Å². The van der Waals surface area contributed by atoms with E-state index in [9.17, 15) is 0 Å². The zero-order chi connectivity index (χ0) is 16.7. The average Bonchev–Trinajstić information content (AvgIpc) is 2.59. The van der Waals surface area contributed by atoms with Gasteiger partial charge in [-0.3, -0.25) is 0 Å². The molecule has 0 saturated heterocycles. The lowest BCUT2D eigenvalue weighted by Gasteiger charge is -2.26. The summed E-state index contributed by atoms with van der Waals surface area (Å²) in [5.41, 5.74) is 2.39. The molecule has 120 valence electrons. The lowest BCUT2D eigenvalue weighted by Crippen LogP contribution is -2.18. The summed E-state index contributed by atoms with van der Waals surface area (Å²) < 4.78 is 11.1. The van der Waals surface area contributed by atoms with Crippen molar-refractivity contribution in [2.24, 2.45) is 0 Å². The first kappa shape index (κ1) is 16.9. The van der Waals surface area contributed by atoms with Crippen LogP contribution in [-0.4, -0.2) is 13.2 Å². The first-order valence-corrected chi connectivity index (χ1v) is 7.76. The molecule has 0 aromatic heterocycles. The van der Waals surface area contributed by atoms with Gasteiger partial charge in [-0.25, -0.2) is 0 Å². The van der Waals surface area contributed by atoms with E-state index in [1.165, 1.54) is 11.1 Å². The van der Waals surface area contributed by atoms with Gasteiger partial charge in [0.1, 0.15) is 24.7 Å². The van der Waals surface area contributed by atoms with Gasteiger partial charge < -0.3 is 9.47 Å². The van der Waals surface area contributed by atoms with Gasteiger partial charge in [-0.05, 0) is 35.4 Å². The van der Waals surface area contributed by atoms with Crippen LogP contribution in [0.4, 0.5) is 0 Å². The fraction of sp³-hybridized carbons (Fsp3) is 0.238. The smallest absolute Gasteiger partial charge is 0.119 e. The number of ether oxygens (including phenoxy) is 2. The van der Waals surface area contributed by atoms with Gasteiger partial charge >= 0.3 is 0 Å². The van der Waals surface area contributed by atoms with Crippen molar-refractivity contribution in [2.45, 2.75) is 19.3 Å². The van der Waals surface area contributed by atoms with Crippen LogP contribution in [0.3, 0.4) is 0 Å². The summed E-state index contributed by atoms with van der Waals surface area (Å²) in [6, 6.07) is 16.5. The van der Waals surface area contributed by atoms with Crippen LogP contribution in [0, 0.1) is 0 Å². The van der Waals surface area contributed by atoms with E-state index in [1.54, 1.807) is 12.2 Å². The number of hydrogen-bond acceptors (Lipinski definition) is 2. The summed E-state index contributed by atoms with van der Waals surface area (Å²) in [4.78, 5) is 0. The third-order valence-corrected chi connectivity index (χ3v) is 3.89. The minimum atomic E-state index is -0.0894. The van der Waals surface area contributed by atoms with Gasteiger partial charge in [-0.15, -0.1) is 0 Å². The monoisotopic (exact) mass is 308 g/mol. The molecule has 0 bridgehead atoms. The van der Waals surface area contributed by atoms with Crippen LogP contribution < -0.4 is 9.47 Å². The molecule has 0 heterocycles. The predicted octanol–water partition coefficient (Wildman–Crippen LogP) is 5.14. The topological polar surface area (TPSA) is 18.5 Å². The molecule has 0 aliphatic heterocycles. The van der Waals surface area contributed by atoms with Crippen LogP contribution in [-0.2, 0) is 5.41 Å². The maximum atomic E-state index is 5.54. The second-order valence-corrected chi connectivity index (χ2v) is 5.87. The summed E-state index contributed by atoms with van der Waals surface area (Å²) in [6.07, 6.45) is 3.49. The molecule has 0 saturated carbocycles. The molecule has 0 atom stereocenters.